The lowest BCUT2D eigenvalue weighted by atomic mass is 10.4. The number of hydrogen-bond donors (Lipinski definition) is 1. The topological polar surface area (TPSA) is 59.8 Å². The summed E-state index contributed by atoms with van der Waals surface area (Å²) in [7, 11) is 0. The maximum atomic E-state index is 11.7. The Morgan fingerprint density at radius 3 is 2.68 bits per heavy atom. The first-order valence-corrected chi connectivity index (χ1v) is 8.00. The second-order valence-corrected chi connectivity index (χ2v) is 6.67. The molecule has 0 spiro atoms. The van der Waals surface area contributed by atoms with Crippen molar-refractivity contribution in [3.8, 4) is 0 Å². The lowest BCUT2D eigenvalue weighted by molar-refractivity contribution is -0.119. The van der Waals surface area contributed by atoms with Gasteiger partial charge in [-0.15, -0.1) is 10.2 Å². The normalized spacial score (nSPS) is 18.9. The molecular formula is C13H20N4OS. The minimum absolute atomic E-state index is 0.0679. The predicted molar refractivity (Wildman–Crippen MR) is 74.3 cm³/mol. The molecule has 0 saturated heterocycles. The number of carbonyl (C=O) groups excluding carboxylic acids is 1. The summed E-state index contributed by atoms with van der Waals surface area (Å²) in [5.74, 6) is 2.26. The third-order valence-corrected chi connectivity index (χ3v) is 4.27. The highest BCUT2D eigenvalue weighted by Crippen LogP contribution is 2.45. The van der Waals surface area contributed by atoms with Gasteiger partial charge < -0.3 is 9.88 Å². The van der Waals surface area contributed by atoms with E-state index in [9.17, 15) is 4.79 Å². The number of amides is 1. The highest BCUT2D eigenvalue weighted by molar-refractivity contribution is 7.99. The van der Waals surface area contributed by atoms with Crippen molar-refractivity contribution in [1.82, 2.24) is 20.1 Å². The van der Waals surface area contributed by atoms with Crippen LogP contribution in [0.3, 0.4) is 0 Å². The molecule has 6 heteroatoms. The lowest BCUT2D eigenvalue weighted by Crippen LogP contribution is -2.31. The molecule has 1 N–H and O–H groups in total. The number of aromatic nitrogens is 3. The van der Waals surface area contributed by atoms with E-state index in [2.05, 4.69) is 20.1 Å². The van der Waals surface area contributed by atoms with E-state index < -0.39 is 0 Å². The SMILES string of the molecule is CC(C)NC(=O)CSc1nnc(C2CC2)n1C1CC1. The summed E-state index contributed by atoms with van der Waals surface area (Å²) in [6, 6.07) is 0.776. The van der Waals surface area contributed by atoms with Gasteiger partial charge in [0.2, 0.25) is 5.91 Å². The summed E-state index contributed by atoms with van der Waals surface area (Å²) in [6.45, 7) is 3.95. The summed E-state index contributed by atoms with van der Waals surface area (Å²) >= 11 is 1.51. The Hall–Kier alpha value is -1.04. The Morgan fingerprint density at radius 1 is 1.37 bits per heavy atom. The van der Waals surface area contributed by atoms with Gasteiger partial charge in [-0.05, 0) is 39.5 Å². The van der Waals surface area contributed by atoms with Gasteiger partial charge in [0.05, 0.1) is 5.75 Å². The van der Waals surface area contributed by atoms with E-state index in [4.69, 9.17) is 0 Å². The summed E-state index contributed by atoms with van der Waals surface area (Å²) in [5.41, 5.74) is 0. The van der Waals surface area contributed by atoms with Crippen molar-refractivity contribution in [1.29, 1.82) is 0 Å². The van der Waals surface area contributed by atoms with Crippen LogP contribution < -0.4 is 5.32 Å². The van der Waals surface area contributed by atoms with E-state index in [0.717, 1.165) is 11.0 Å². The molecular weight excluding hydrogens is 260 g/mol. The van der Waals surface area contributed by atoms with Gasteiger partial charge in [0.1, 0.15) is 5.82 Å². The molecule has 0 atom stereocenters. The molecule has 3 rings (SSSR count). The Balaban J connectivity index is 1.65. The van der Waals surface area contributed by atoms with Crippen molar-refractivity contribution in [3.05, 3.63) is 5.82 Å². The quantitative estimate of drug-likeness (QED) is 0.811. The minimum Gasteiger partial charge on any atom is -0.353 e. The largest absolute Gasteiger partial charge is 0.353 e. The van der Waals surface area contributed by atoms with Gasteiger partial charge >= 0.3 is 0 Å². The van der Waals surface area contributed by atoms with Crippen LogP contribution in [0.4, 0.5) is 0 Å². The maximum absolute atomic E-state index is 11.7. The van der Waals surface area contributed by atoms with Crippen LogP contribution in [0.15, 0.2) is 5.16 Å². The van der Waals surface area contributed by atoms with Crippen molar-refractivity contribution < 1.29 is 4.79 Å². The number of carbonyl (C=O) groups is 1. The third-order valence-electron chi connectivity index (χ3n) is 3.33. The maximum Gasteiger partial charge on any atom is 0.230 e. The van der Waals surface area contributed by atoms with Crippen LogP contribution in [0, 0.1) is 0 Å². The van der Waals surface area contributed by atoms with Crippen LogP contribution in [0.25, 0.3) is 0 Å². The average Bonchev–Trinajstić information content (AvgIpc) is 3.24. The van der Waals surface area contributed by atoms with Crippen LogP contribution in [-0.4, -0.2) is 32.5 Å². The molecule has 5 nitrogen and oxygen atoms in total. The number of hydrogen-bond acceptors (Lipinski definition) is 4. The van der Waals surface area contributed by atoms with Crippen LogP contribution in [0.2, 0.25) is 0 Å². The molecule has 0 aromatic carbocycles. The number of rotatable bonds is 6. The molecule has 2 aliphatic carbocycles. The summed E-state index contributed by atoms with van der Waals surface area (Å²) in [6.07, 6.45) is 4.93. The molecule has 2 aliphatic rings. The predicted octanol–water partition coefficient (Wildman–Crippen LogP) is 2.11. The van der Waals surface area contributed by atoms with Crippen molar-refractivity contribution in [3.63, 3.8) is 0 Å². The van der Waals surface area contributed by atoms with E-state index >= 15 is 0 Å². The van der Waals surface area contributed by atoms with Gasteiger partial charge in [-0.1, -0.05) is 11.8 Å². The van der Waals surface area contributed by atoms with Crippen molar-refractivity contribution in [2.24, 2.45) is 0 Å². The average molecular weight is 280 g/mol. The fourth-order valence-electron chi connectivity index (χ4n) is 2.18. The Kier molecular flexibility index (Phi) is 3.52. The van der Waals surface area contributed by atoms with Crippen molar-refractivity contribution in [2.45, 2.75) is 62.7 Å². The molecule has 1 heterocycles. The summed E-state index contributed by atoms with van der Waals surface area (Å²) < 4.78 is 2.28. The van der Waals surface area contributed by atoms with Gasteiger partial charge in [0.25, 0.3) is 0 Å². The Bertz CT molecular complexity index is 477. The molecule has 1 amide bonds. The van der Waals surface area contributed by atoms with E-state index in [1.807, 2.05) is 13.8 Å². The Morgan fingerprint density at radius 2 is 2.11 bits per heavy atom. The zero-order valence-electron chi connectivity index (χ0n) is 11.4. The standard InChI is InChI=1S/C13H20N4OS/c1-8(2)14-11(18)7-19-13-16-15-12(9-3-4-9)17(13)10-5-6-10/h8-10H,3-7H2,1-2H3,(H,14,18). The summed E-state index contributed by atoms with van der Waals surface area (Å²) in [4.78, 5) is 11.7. The molecule has 1 aromatic rings. The van der Waals surface area contributed by atoms with Crippen molar-refractivity contribution in [2.75, 3.05) is 5.75 Å². The van der Waals surface area contributed by atoms with E-state index in [0.29, 0.717) is 17.7 Å². The molecule has 2 saturated carbocycles. The first-order valence-electron chi connectivity index (χ1n) is 7.02. The molecule has 104 valence electrons. The van der Waals surface area contributed by atoms with E-state index in [1.165, 1.54) is 37.4 Å². The molecule has 0 unspecified atom stereocenters. The summed E-state index contributed by atoms with van der Waals surface area (Å²) in [5, 5.41) is 12.4. The van der Waals surface area contributed by atoms with Gasteiger partial charge in [0, 0.05) is 18.0 Å². The zero-order chi connectivity index (χ0) is 13.4. The third kappa shape index (κ3) is 3.11. The van der Waals surface area contributed by atoms with Crippen LogP contribution >= 0.6 is 11.8 Å². The van der Waals surface area contributed by atoms with Crippen LogP contribution in [-0.2, 0) is 4.79 Å². The number of nitrogens with one attached hydrogen (secondary N) is 1. The molecule has 0 radical (unpaired) electrons. The fourth-order valence-corrected chi connectivity index (χ4v) is 3.00. The first kappa shape index (κ1) is 13.0. The van der Waals surface area contributed by atoms with E-state index in [-0.39, 0.29) is 11.9 Å². The Labute approximate surface area is 117 Å². The fraction of sp³-hybridized carbons (Fsp3) is 0.769. The second-order valence-electron chi connectivity index (χ2n) is 5.73. The number of nitrogens with zero attached hydrogens (tertiary/aromatic N) is 3. The van der Waals surface area contributed by atoms with Crippen LogP contribution in [0.5, 0.6) is 0 Å². The molecule has 1 aromatic heterocycles. The first-order chi connectivity index (χ1) is 9.15. The molecule has 0 aliphatic heterocycles. The van der Waals surface area contributed by atoms with Crippen molar-refractivity contribution >= 4 is 17.7 Å². The molecule has 0 bridgehead atoms. The highest BCUT2D eigenvalue weighted by Gasteiger charge is 2.36. The monoisotopic (exact) mass is 280 g/mol. The second kappa shape index (κ2) is 5.15. The van der Waals surface area contributed by atoms with Gasteiger partial charge in [-0.3, -0.25) is 4.79 Å². The number of thioether (sulfide) groups is 1. The van der Waals surface area contributed by atoms with E-state index in [1.54, 1.807) is 0 Å². The zero-order valence-corrected chi connectivity index (χ0v) is 12.2. The molecule has 2 fully saturated rings. The molecule has 19 heavy (non-hydrogen) atoms. The minimum atomic E-state index is 0.0679. The lowest BCUT2D eigenvalue weighted by Gasteiger charge is -2.09. The highest BCUT2D eigenvalue weighted by atomic mass is 32.2. The van der Waals surface area contributed by atoms with Crippen LogP contribution in [0.1, 0.15) is 57.3 Å². The smallest absolute Gasteiger partial charge is 0.230 e. The van der Waals surface area contributed by atoms with Gasteiger partial charge in [-0.25, -0.2) is 0 Å². The van der Waals surface area contributed by atoms with Gasteiger partial charge in [-0.2, -0.15) is 0 Å². The van der Waals surface area contributed by atoms with Gasteiger partial charge in [0.15, 0.2) is 5.16 Å².